The van der Waals surface area contributed by atoms with E-state index in [1.165, 1.54) is 12.1 Å². The Morgan fingerprint density at radius 3 is 2.89 bits per heavy atom. The van der Waals surface area contributed by atoms with Crippen LogP contribution < -0.4 is 5.73 Å². The molecule has 0 saturated carbocycles. The van der Waals surface area contributed by atoms with E-state index in [0.29, 0.717) is 18.1 Å². The van der Waals surface area contributed by atoms with E-state index in [9.17, 15) is 10.1 Å². The minimum atomic E-state index is -0.463. The Kier molecular flexibility index (Phi) is 3.56. The van der Waals surface area contributed by atoms with E-state index in [1.807, 2.05) is 6.92 Å². The molecule has 2 unspecified atom stereocenters. The SMILES string of the molecule is CC1OCCC1(N)Cc1ccc([N+](=O)[O-])cc1Cl. The van der Waals surface area contributed by atoms with E-state index in [0.717, 1.165) is 12.0 Å². The summed E-state index contributed by atoms with van der Waals surface area (Å²) in [4.78, 5) is 10.2. The Hall–Kier alpha value is -1.17. The maximum Gasteiger partial charge on any atom is 0.270 e. The van der Waals surface area contributed by atoms with Gasteiger partial charge in [-0.1, -0.05) is 17.7 Å². The van der Waals surface area contributed by atoms with Crippen LogP contribution in [0.25, 0.3) is 0 Å². The van der Waals surface area contributed by atoms with Crippen LogP contribution in [0.4, 0.5) is 5.69 Å². The molecule has 2 rings (SSSR count). The van der Waals surface area contributed by atoms with Crippen molar-refractivity contribution in [1.82, 2.24) is 0 Å². The van der Waals surface area contributed by atoms with Gasteiger partial charge in [0.05, 0.1) is 16.0 Å². The number of ether oxygens (including phenoxy) is 1. The molecule has 0 aromatic heterocycles. The molecule has 0 bridgehead atoms. The fraction of sp³-hybridized carbons (Fsp3) is 0.500. The van der Waals surface area contributed by atoms with E-state index in [1.54, 1.807) is 6.07 Å². The Balaban J connectivity index is 2.22. The predicted molar refractivity (Wildman–Crippen MR) is 68.8 cm³/mol. The van der Waals surface area contributed by atoms with E-state index in [-0.39, 0.29) is 11.8 Å². The van der Waals surface area contributed by atoms with Gasteiger partial charge in [0, 0.05) is 24.3 Å². The van der Waals surface area contributed by atoms with Gasteiger partial charge < -0.3 is 10.5 Å². The zero-order valence-electron chi connectivity index (χ0n) is 10.1. The lowest BCUT2D eigenvalue weighted by molar-refractivity contribution is -0.384. The van der Waals surface area contributed by atoms with E-state index in [4.69, 9.17) is 22.1 Å². The van der Waals surface area contributed by atoms with Gasteiger partial charge in [-0.25, -0.2) is 0 Å². The highest BCUT2D eigenvalue weighted by Crippen LogP contribution is 2.31. The second kappa shape index (κ2) is 4.84. The van der Waals surface area contributed by atoms with Crippen molar-refractivity contribution in [2.75, 3.05) is 6.61 Å². The van der Waals surface area contributed by atoms with Crippen molar-refractivity contribution in [3.63, 3.8) is 0 Å². The maximum absolute atomic E-state index is 10.6. The maximum atomic E-state index is 10.6. The first-order chi connectivity index (χ1) is 8.42. The average molecular weight is 271 g/mol. The number of nitrogens with zero attached hydrogens (tertiary/aromatic N) is 1. The summed E-state index contributed by atoms with van der Waals surface area (Å²) in [7, 11) is 0. The van der Waals surface area contributed by atoms with Crippen LogP contribution in [0.2, 0.25) is 5.02 Å². The predicted octanol–water partition coefficient (Wildman–Crippen LogP) is 2.30. The Morgan fingerprint density at radius 1 is 1.67 bits per heavy atom. The quantitative estimate of drug-likeness (QED) is 0.675. The van der Waals surface area contributed by atoms with Gasteiger partial charge in [0.2, 0.25) is 0 Å². The van der Waals surface area contributed by atoms with E-state index < -0.39 is 10.5 Å². The summed E-state index contributed by atoms with van der Waals surface area (Å²) in [6.45, 7) is 2.58. The molecule has 1 heterocycles. The minimum absolute atomic E-state index is 0.00876. The number of nitro benzene ring substituents is 1. The molecule has 2 atom stereocenters. The summed E-state index contributed by atoms with van der Waals surface area (Å²) in [5.74, 6) is 0. The van der Waals surface area contributed by atoms with Crippen LogP contribution in [0.1, 0.15) is 18.9 Å². The lowest BCUT2D eigenvalue weighted by Gasteiger charge is -2.27. The number of nitro groups is 1. The minimum Gasteiger partial charge on any atom is -0.377 e. The number of non-ortho nitro benzene ring substituents is 1. The van der Waals surface area contributed by atoms with Crippen molar-refractivity contribution in [1.29, 1.82) is 0 Å². The number of benzene rings is 1. The zero-order valence-corrected chi connectivity index (χ0v) is 10.8. The zero-order chi connectivity index (χ0) is 13.3. The molecule has 98 valence electrons. The summed E-state index contributed by atoms with van der Waals surface area (Å²) in [6.07, 6.45) is 1.29. The Bertz CT molecular complexity index is 480. The Labute approximate surface area is 110 Å². The van der Waals surface area contributed by atoms with Crippen LogP contribution >= 0.6 is 11.6 Å². The van der Waals surface area contributed by atoms with Crippen molar-refractivity contribution < 1.29 is 9.66 Å². The third-order valence-electron chi connectivity index (χ3n) is 3.51. The number of hydrogen-bond acceptors (Lipinski definition) is 4. The normalized spacial score (nSPS) is 27.4. The van der Waals surface area contributed by atoms with Gasteiger partial charge in [-0.2, -0.15) is 0 Å². The first-order valence-corrected chi connectivity index (χ1v) is 6.13. The number of nitrogens with two attached hydrogens (primary N) is 1. The summed E-state index contributed by atoms with van der Waals surface area (Å²) in [5, 5.41) is 11.0. The van der Waals surface area contributed by atoms with Gasteiger partial charge in [0.15, 0.2) is 0 Å². The van der Waals surface area contributed by atoms with Crippen molar-refractivity contribution in [3.05, 3.63) is 38.9 Å². The summed E-state index contributed by atoms with van der Waals surface area (Å²) in [6, 6.07) is 4.48. The van der Waals surface area contributed by atoms with Gasteiger partial charge in [0.1, 0.15) is 0 Å². The molecule has 1 saturated heterocycles. The molecule has 1 aromatic rings. The molecule has 2 N–H and O–H groups in total. The second-order valence-electron chi connectivity index (χ2n) is 4.71. The van der Waals surface area contributed by atoms with Crippen molar-refractivity contribution in [2.24, 2.45) is 5.73 Å². The number of halogens is 1. The van der Waals surface area contributed by atoms with Crippen LogP contribution in [0, 0.1) is 10.1 Å². The summed E-state index contributed by atoms with van der Waals surface area (Å²) >= 11 is 6.06. The van der Waals surface area contributed by atoms with Crippen LogP contribution in [-0.4, -0.2) is 23.2 Å². The smallest absolute Gasteiger partial charge is 0.270 e. The molecule has 18 heavy (non-hydrogen) atoms. The molecule has 1 aromatic carbocycles. The molecule has 0 amide bonds. The molecule has 1 fully saturated rings. The van der Waals surface area contributed by atoms with Crippen molar-refractivity contribution in [3.8, 4) is 0 Å². The molecular formula is C12H15ClN2O3. The first-order valence-electron chi connectivity index (χ1n) is 5.76. The highest BCUT2D eigenvalue weighted by atomic mass is 35.5. The molecule has 6 heteroatoms. The van der Waals surface area contributed by atoms with Gasteiger partial charge in [-0.05, 0) is 25.3 Å². The standard InChI is InChI=1S/C12H15ClN2O3/c1-8-12(14,4-5-18-8)7-9-2-3-10(15(16)17)6-11(9)13/h2-3,6,8H,4-5,7,14H2,1H3. The third-order valence-corrected chi connectivity index (χ3v) is 3.86. The van der Waals surface area contributed by atoms with Crippen LogP contribution in [0.15, 0.2) is 18.2 Å². The van der Waals surface area contributed by atoms with Gasteiger partial charge in [0.25, 0.3) is 5.69 Å². The van der Waals surface area contributed by atoms with Crippen molar-refractivity contribution >= 4 is 17.3 Å². The molecule has 5 nitrogen and oxygen atoms in total. The average Bonchev–Trinajstić information content (AvgIpc) is 2.62. The molecule has 1 aliphatic heterocycles. The van der Waals surface area contributed by atoms with Gasteiger partial charge in [-0.15, -0.1) is 0 Å². The van der Waals surface area contributed by atoms with Gasteiger partial charge in [-0.3, -0.25) is 10.1 Å². The Morgan fingerprint density at radius 2 is 2.39 bits per heavy atom. The van der Waals surface area contributed by atoms with Crippen LogP contribution in [-0.2, 0) is 11.2 Å². The summed E-state index contributed by atoms with van der Waals surface area (Å²) in [5.41, 5.74) is 6.65. The van der Waals surface area contributed by atoms with Crippen LogP contribution in [0.3, 0.4) is 0 Å². The monoisotopic (exact) mass is 270 g/mol. The first kappa shape index (κ1) is 13.3. The largest absolute Gasteiger partial charge is 0.377 e. The highest BCUT2D eigenvalue weighted by molar-refractivity contribution is 6.31. The highest BCUT2D eigenvalue weighted by Gasteiger charge is 2.38. The third kappa shape index (κ3) is 2.48. The fourth-order valence-electron chi connectivity index (χ4n) is 2.17. The number of hydrogen-bond donors (Lipinski definition) is 1. The lowest BCUT2D eigenvalue weighted by atomic mass is 9.86. The molecule has 1 aliphatic rings. The second-order valence-corrected chi connectivity index (χ2v) is 5.11. The fourth-order valence-corrected chi connectivity index (χ4v) is 2.42. The van der Waals surface area contributed by atoms with Gasteiger partial charge >= 0.3 is 0 Å². The lowest BCUT2D eigenvalue weighted by Crippen LogP contribution is -2.48. The topological polar surface area (TPSA) is 78.4 Å². The van der Waals surface area contributed by atoms with E-state index >= 15 is 0 Å². The number of rotatable bonds is 3. The molecule has 0 spiro atoms. The summed E-state index contributed by atoms with van der Waals surface area (Å²) < 4.78 is 5.47. The van der Waals surface area contributed by atoms with Crippen LogP contribution in [0.5, 0.6) is 0 Å². The molecular weight excluding hydrogens is 256 g/mol. The molecule has 0 aliphatic carbocycles. The van der Waals surface area contributed by atoms with E-state index in [2.05, 4.69) is 0 Å². The van der Waals surface area contributed by atoms with Crippen molar-refractivity contribution in [2.45, 2.75) is 31.4 Å². The molecule has 0 radical (unpaired) electrons.